The fraction of sp³-hybridized carbons (Fsp3) is 0.0870. The Bertz CT molecular complexity index is 1170. The first-order valence-electron chi connectivity index (χ1n) is 8.99. The number of rotatable bonds is 6. The fourth-order valence-corrected chi connectivity index (χ4v) is 3.23. The standard InChI is InChI=1S/C23H18ClNO4/c1-27-14-16-15-8-2-5-11-19(15)29-22(16)23(26)25-18-10-4-7-13-21(18)28-20-12-6-3-9-17(20)24/h2-13H,14H2,1H3,(H,25,26). The van der Waals surface area contributed by atoms with E-state index < -0.39 is 0 Å². The van der Waals surface area contributed by atoms with Crippen molar-refractivity contribution in [2.75, 3.05) is 12.4 Å². The highest BCUT2D eigenvalue weighted by Crippen LogP contribution is 2.34. The van der Waals surface area contributed by atoms with Crippen LogP contribution in [0.2, 0.25) is 5.02 Å². The van der Waals surface area contributed by atoms with Crippen molar-refractivity contribution >= 4 is 34.2 Å². The van der Waals surface area contributed by atoms with Gasteiger partial charge in [-0.05, 0) is 30.3 Å². The maximum absolute atomic E-state index is 13.0. The number of hydrogen-bond acceptors (Lipinski definition) is 4. The van der Waals surface area contributed by atoms with Crippen LogP contribution in [0.4, 0.5) is 5.69 Å². The van der Waals surface area contributed by atoms with Crippen molar-refractivity contribution in [2.24, 2.45) is 0 Å². The quantitative estimate of drug-likeness (QED) is 0.408. The predicted molar refractivity (Wildman–Crippen MR) is 113 cm³/mol. The molecule has 0 bridgehead atoms. The Morgan fingerprint density at radius 3 is 2.45 bits per heavy atom. The SMILES string of the molecule is COCc1c(C(=O)Nc2ccccc2Oc2ccccc2Cl)oc2ccccc12. The number of nitrogens with one attached hydrogen (secondary N) is 1. The van der Waals surface area contributed by atoms with Crippen LogP contribution in [0.1, 0.15) is 16.1 Å². The van der Waals surface area contributed by atoms with Gasteiger partial charge in [-0.15, -0.1) is 0 Å². The molecule has 0 radical (unpaired) electrons. The van der Waals surface area contributed by atoms with Gasteiger partial charge in [0.1, 0.15) is 11.3 Å². The molecule has 1 aromatic heterocycles. The largest absolute Gasteiger partial charge is 0.454 e. The third-order valence-corrected chi connectivity index (χ3v) is 4.70. The van der Waals surface area contributed by atoms with Crippen molar-refractivity contribution in [2.45, 2.75) is 6.61 Å². The molecule has 1 heterocycles. The third kappa shape index (κ3) is 3.97. The van der Waals surface area contributed by atoms with Gasteiger partial charge in [-0.1, -0.05) is 54.1 Å². The van der Waals surface area contributed by atoms with Crippen molar-refractivity contribution in [1.82, 2.24) is 0 Å². The molecule has 0 atom stereocenters. The molecule has 0 spiro atoms. The number of halogens is 1. The topological polar surface area (TPSA) is 60.7 Å². The Kier molecular flexibility index (Phi) is 5.51. The van der Waals surface area contributed by atoms with Gasteiger partial charge in [-0.3, -0.25) is 4.79 Å². The second-order valence-electron chi connectivity index (χ2n) is 6.32. The van der Waals surface area contributed by atoms with E-state index in [1.165, 1.54) is 0 Å². The number of fused-ring (bicyclic) bond motifs is 1. The number of amides is 1. The number of methoxy groups -OCH3 is 1. The lowest BCUT2D eigenvalue weighted by atomic mass is 10.1. The molecule has 0 saturated heterocycles. The molecule has 3 aromatic carbocycles. The maximum Gasteiger partial charge on any atom is 0.291 e. The Balaban J connectivity index is 1.65. The monoisotopic (exact) mass is 407 g/mol. The number of para-hydroxylation sites is 4. The van der Waals surface area contributed by atoms with Gasteiger partial charge in [0.05, 0.1) is 17.3 Å². The highest BCUT2D eigenvalue weighted by molar-refractivity contribution is 6.32. The van der Waals surface area contributed by atoms with Gasteiger partial charge in [0.15, 0.2) is 11.5 Å². The zero-order valence-corrected chi connectivity index (χ0v) is 16.4. The van der Waals surface area contributed by atoms with Crippen molar-refractivity contribution in [1.29, 1.82) is 0 Å². The van der Waals surface area contributed by atoms with E-state index in [-0.39, 0.29) is 18.3 Å². The van der Waals surface area contributed by atoms with Gasteiger partial charge in [0, 0.05) is 18.1 Å². The number of carbonyl (C=O) groups is 1. The number of ether oxygens (including phenoxy) is 2. The molecule has 146 valence electrons. The summed E-state index contributed by atoms with van der Waals surface area (Å²) in [4.78, 5) is 13.0. The molecule has 1 N–H and O–H groups in total. The molecule has 0 saturated carbocycles. The zero-order valence-electron chi connectivity index (χ0n) is 15.6. The lowest BCUT2D eigenvalue weighted by Gasteiger charge is -2.13. The molecule has 0 fully saturated rings. The highest BCUT2D eigenvalue weighted by atomic mass is 35.5. The first-order chi connectivity index (χ1) is 14.2. The lowest BCUT2D eigenvalue weighted by Crippen LogP contribution is -2.13. The average molecular weight is 408 g/mol. The van der Waals surface area contributed by atoms with E-state index in [1.54, 1.807) is 31.4 Å². The third-order valence-electron chi connectivity index (χ3n) is 4.39. The van der Waals surface area contributed by atoms with E-state index in [1.807, 2.05) is 48.5 Å². The highest BCUT2D eigenvalue weighted by Gasteiger charge is 2.21. The van der Waals surface area contributed by atoms with Gasteiger partial charge in [-0.25, -0.2) is 0 Å². The maximum atomic E-state index is 13.0. The van der Waals surface area contributed by atoms with E-state index in [4.69, 9.17) is 25.5 Å². The van der Waals surface area contributed by atoms with Crippen LogP contribution in [0.25, 0.3) is 11.0 Å². The van der Waals surface area contributed by atoms with Crippen LogP contribution in [0.15, 0.2) is 77.2 Å². The molecule has 29 heavy (non-hydrogen) atoms. The molecule has 4 aromatic rings. The zero-order chi connectivity index (χ0) is 20.2. The minimum Gasteiger partial charge on any atom is -0.454 e. The van der Waals surface area contributed by atoms with E-state index >= 15 is 0 Å². The van der Waals surface area contributed by atoms with Gasteiger partial charge in [-0.2, -0.15) is 0 Å². The van der Waals surface area contributed by atoms with Crippen LogP contribution in [0, 0.1) is 0 Å². The van der Waals surface area contributed by atoms with E-state index in [2.05, 4.69) is 5.32 Å². The van der Waals surface area contributed by atoms with Gasteiger partial charge < -0.3 is 19.2 Å². The van der Waals surface area contributed by atoms with Gasteiger partial charge >= 0.3 is 0 Å². The second kappa shape index (κ2) is 8.39. The fourth-order valence-electron chi connectivity index (χ4n) is 3.05. The minimum atomic E-state index is -0.386. The summed E-state index contributed by atoms with van der Waals surface area (Å²) in [5, 5.41) is 4.20. The van der Waals surface area contributed by atoms with E-state index in [0.717, 1.165) is 5.39 Å². The van der Waals surface area contributed by atoms with Crippen LogP contribution in [0.3, 0.4) is 0 Å². The molecular formula is C23H18ClNO4. The summed E-state index contributed by atoms with van der Waals surface area (Å²) in [6, 6.07) is 21.8. The molecule has 6 heteroatoms. The Labute approximate surface area is 172 Å². The van der Waals surface area contributed by atoms with Gasteiger partial charge in [0.2, 0.25) is 0 Å². The molecule has 0 aliphatic rings. The summed E-state index contributed by atoms with van der Waals surface area (Å²) >= 11 is 6.19. The summed E-state index contributed by atoms with van der Waals surface area (Å²) in [6.07, 6.45) is 0. The first kappa shape index (κ1) is 19.1. The Morgan fingerprint density at radius 2 is 1.66 bits per heavy atom. The molecule has 0 aliphatic carbocycles. The van der Waals surface area contributed by atoms with Crippen LogP contribution >= 0.6 is 11.6 Å². The number of carbonyl (C=O) groups excluding carboxylic acids is 1. The number of benzene rings is 3. The number of furan rings is 1. The van der Waals surface area contributed by atoms with E-state index in [0.29, 0.717) is 33.4 Å². The van der Waals surface area contributed by atoms with Crippen LogP contribution in [0.5, 0.6) is 11.5 Å². The van der Waals surface area contributed by atoms with Crippen LogP contribution in [-0.2, 0) is 11.3 Å². The predicted octanol–water partition coefficient (Wildman–Crippen LogP) is 6.28. The Hall–Kier alpha value is -3.28. The molecule has 0 aliphatic heterocycles. The molecule has 1 amide bonds. The molecular weight excluding hydrogens is 390 g/mol. The summed E-state index contributed by atoms with van der Waals surface area (Å²) in [6.45, 7) is 0.261. The number of anilines is 1. The molecule has 0 unspecified atom stereocenters. The normalized spacial score (nSPS) is 10.8. The average Bonchev–Trinajstić information content (AvgIpc) is 3.10. The Morgan fingerprint density at radius 1 is 0.966 bits per heavy atom. The summed E-state index contributed by atoms with van der Waals surface area (Å²) < 4.78 is 17.0. The second-order valence-corrected chi connectivity index (χ2v) is 6.73. The minimum absolute atomic E-state index is 0.209. The lowest BCUT2D eigenvalue weighted by molar-refractivity contribution is 0.0991. The van der Waals surface area contributed by atoms with Crippen molar-refractivity contribution in [3.63, 3.8) is 0 Å². The summed E-state index contributed by atoms with van der Waals surface area (Å²) in [7, 11) is 1.58. The van der Waals surface area contributed by atoms with Crippen LogP contribution < -0.4 is 10.1 Å². The summed E-state index contributed by atoms with van der Waals surface area (Å²) in [5.74, 6) is 0.794. The smallest absolute Gasteiger partial charge is 0.291 e. The molecule has 4 rings (SSSR count). The van der Waals surface area contributed by atoms with Crippen LogP contribution in [-0.4, -0.2) is 13.0 Å². The van der Waals surface area contributed by atoms with Crippen molar-refractivity contribution < 1.29 is 18.7 Å². The first-order valence-corrected chi connectivity index (χ1v) is 9.37. The number of hydrogen-bond donors (Lipinski definition) is 1. The van der Waals surface area contributed by atoms with Gasteiger partial charge in [0.25, 0.3) is 5.91 Å². The van der Waals surface area contributed by atoms with Crippen molar-refractivity contribution in [3.8, 4) is 11.5 Å². The van der Waals surface area contributed by atoms with E-state index in [9.17, 15) is 4.79 Å². The molecule has 5 nitrogen and oxygen atoms in total. The summed E-state index contributed by atoms with van der Waals surface area (Å²) in [5.41, 5.74) is 1.83. The van der Waals surface area contributed by atoms with Crippen molar-refractivity contribution in [3.05, 3.63) is 89.1 Å².